The summed E-state index contributed by atoms with van der Waals surface area (Å²) in [5.74, 6) is -3.96. The van der Waals surface area contributed by atoms with Gasteiger partial charge in [0, 0.05) is 17.4 Å². The lowest BCUT2D eigenvalue weighted by Crippen LogP contribution is -2.21. The van der Waals surface area contributed by atoms with Gasteiger partial charge in [-0.1, -0.05) is 0 Å². The average molecular weight is 366 g/mol. The molecule has 0 aliphatic carbocycles. The normalized spacial score (nSPS) is 10.3. The van der Waals surface area contributed by atoms with E-state index in [9.17, 15) is 23.2 Å². The molecule has 7 nitrogen and oxygen atoms in total. The monoisotopic (exact) mass is 366 g/mol. The van der Waals surface area contributed by atoms with Gasteiger partial charge in [0.05, 0.1) is 12.7 Å². The maximum atomic E-state index is 13.1. The molecule has 2 aromatic rings. The maximum absolute atomic E-state index is 13.1. The number of nitrogens with one attached hydrogen (secondary N) is 2. The molecule has 138 valence electrons. The Bertz CT molecular complexity index is 856. The number of carbonyl (C=O) groups is 3. The fraction of sp³-hybridized carbons (Fsp3) is 0.235. The van der Waals surface area contributed by atoms with E-state index in [-0.39, 0.29) is 16.9 Å². The Morgan fingerprint density at radius 3 is 2.27 bits per heavy atom. The van der Waals surface area contributed by atoms with Crippen molar-refractivity contribution in [2.75, 3.05) is 19.0 Å². The van der Waals surface area contributed by atoms with Gasteiger partial charge in [0.2, 0.25) is 0 Å². The van der Waals surface area contributed by atoms with Crippen molar-refractivity contribution >= 4 is 23.5 Å². The quantitative estimate of drug-likeness (QED) is 0.793. The molecule has 1 aromatic heterocycles. The highest BCUT2D eigenvalue weighted by Gasteiger charge is 2.23. The Balaban J connectivity index is 2.02. The molecular weight excluding hydrogens is 350 g/mol. The van der Waals surface area contributed by atoms with Gasteiger partial charge in [-0.2, -0.15) is 0 Å². The van der Waals surface area contributed by atoms with Crippen molar-refractivity contribution in [1.82, 2.24) is 4.98 Å². The summed E-state index contributed by atoms with van der Waals surface area (Å²) in [6, 6.07) is 2.50. The van der Waals surface area contributed by atoms with Gasteiger partial charge in [-0.25, -0.2) is 18.4 Å². The number of benzene rings is 1. The molecule has 0 unspecified atom stereocenters. The number of aryl methyl sites for hydroxylation is 1. The molecule has 0 saturated carbocycles. The number of aromatic nitrogens is 1. The van der Waals surface area contributed by atoms with Crippen LogP contribution in [0.1, 0.15) is 32.1 Å². The molecule has 1 amide bonds. The van der Waals surface area contributed by atoms with Crippen molar-refractivity contribution in [1.29, 1.82) is 0 Å². The summed E-state index contributed by atoms with van der Waals surface area (Å²) in [5.41, 5.74) is 0.850. The molecule has 2 N–H and O–H groups in total. The average Bonchev–Trinajstić information content (AvgIpc) is 2.85. The first-order valence-corrected chi connectivity index (χ1v) is 7.43. The first-order valence-electron chi connectivity index (χ1n) is 7.43. The second-order valence-corrected chi connectivity index (χ2v) is 5.40. The van der Waals surface area contributed by atoms with Crippen LogP contribution in [0.5, 0.6) is 0 Å². The van der Waals surface area contributed by atoms with Crippen LogP contribution in [0.4, 0.5) is 14.5 Å². The van der Waals surface area contributed by atoms with E-state index in [1.54, 1.807) is 6.92 Å². The van der Waals surface area contributed by atoms with Crippen molar-refractivity contribution in [2.45, 2.75) is 13.8 Å². The van der Waals surface area contributed by atoms with E-state index in [1.165, 1.54) is 14.0 Å². The smallest absolute Gasteiger partial charge is 0.355 e. The molecular formula is C17H16F2N2O5. The van der Waals surface area contributed by atoms with Gasteiger partial charge in [0.25, 0.3) is 5.91 Å². The zero-order valence-corrected chi connectivity index (χ0v) is 14.2. The summed E-state index contributed by atoms with van der Waals surface area (Å²) >= 11 is 0. The SMILES string of the molecule is COC(=O)c1c(C)[nH]c(C(=O)OCC(=O)Nc2cc(F)cc(F)c2)c1C. The van der Waals surface area contributed by atoms with Crippen molar-refractivity contribution in [3.63, 3.8) is 0 Å². The van der Waals surface area contributed by atoms with Crippen molar-refractivity contribution < 1.29 is 32.6 Å². The van der Waals surface area contributed by atoms with E-state index < -0.39 is 36.1 Å². The molecule has 0 spiro atoms. The lowest BCUT2D eigenvalue weighted by molar-refractivity contribution is -0.119. The second-order valence-electron chi connectivity index (χ2n) is 5.40. The van der Waals surface area contributed by atoms with Crippen molar-refractivity contribution in [3.8, 4) is 0 Å². The molecule has 0 aliphatic heterocycles. The molecule has 26 heavy (non-hydrogen) atoms. The van der Waals surface area contributed by atoms with Gasteiger partial charge in [-0.05, 0) is 31.5 Å². The summed E-state index contributed by atoms with van der Waals surface area (Å²) in [7, 11) is 1.21. The molecule has 0 fully saturated rings. The number of anilines is 1. The Labute approximate surface area is 147 Å². The predicted molar refractivity (Wildman–Crippen MR) is 86.9 cm³/mol. The largest absolute Gasteiger partial charge is 0.465 e. The van der Waals surface area contributed by atoms with Crippen LogP contribution in [-0.4, -0.2) is 36.5 Å². The maximum Gasteiger partial charge on any atom is 0.355 e. The van der Waals surface area contributed by atoms with Crippen LogP contribution >= 0.6 is 0 Å². The summed E-state index contributed by atoms with van der Waals surface area (Å²) in [4.78, 5) is 38.3. The van der Waals surface area contributed by atoms with Gasteiger partial charge in [-0.15, -0.1) is 0 Å². The topological polar surface area (TPSA) is 97.5 Å². The summed E-state index contributed by atoms with van der Waals surface area (Å²) in [6.45, 7) is 2.44. The number of hydrogen-bond donors (Lipinski definition) is 2. The summed E-state index contributed by atoms with van der Waals surface area (Å²) in [5, 5.41) is 2.21. The highest BCUT2D eigenvalue weighted by atomic mass is 19.1. The highest BCUT2D eigenvalue weighted by Crippen LogP contribution is 2.19. The molecule has 0 bridgehead atoms. The summed E-state index contributed by atoms with van der Waals surface area (Å²) in [6.07, 6.45) is 0. The number of hydrogen-bond acceptors (Lipinski definition) is 5. The van der Waals surface area contributed by atoms with Crippen LogP contribution in [0.25, 0.3) is 0 Å². The number of amides is 1. The third-order valence-electron chi connectivity index (χ3n) is 3.51. The van der Waals surface area contributed by atoms with Crippen LogP contribution in [0.3, 0.4) is 0 Å². The van der Waals surface area contributed by atoms with Crippen molar-refractivity contribution in [3.05, 3.63) is 52.3 Å². The van der Waals surface area contributed by atoms with E-state index in [0.717, 1.165) is 12.1 Å². The van der Waals surface area contributed by atoms with Crippen LogP contribution in [-0.2, 0) is 14.3 Å². The number of aromatic amines is 1. The van der Waals surface area contributed by atoms with E-state index >= 15 is 0 Å². The Kier molecular flexibility index (Phi) is 5.71. The number of rotatable bonds is 5. The molecule has 0 saturated heterocycles. The fourth-order valence-electron chi connectivity index (χ4n) is 2.39. The molecule has 1 heterocycles. The van der Waals surface area contributed by atoms with E-state index in [0.29, 0.717) is 17.3 Å². The molecule has 0 radical (unpaired) electrons. The van der Waals surface area contributed by atoms with Crippen LogP contribution in [0, 0.1) is 25.5 Å². The first-order chi connectivity index (χ1) is 12.2. The van der Waals surface area contributed by atoms with E-state index in [2.05, 4.69) is 15.0 Å². The molecule has 1 aromatic carbocycles. The third-order valence-corrected chi connectivity index (χ3v) is 3.51. The zero-order valence-electron chi connectivity index (χ0n) is 14.2. The van der Waals surface area contributed by atoms with Gasteiger partial charge in [0.1, 0.15) is 17.3 Å². The zero-order chi connectivity index (χ0) is 19.4. The van der Waals surface area contributed by atoms with Gasteiger partial charge >= 0.3 is 11.9 Å². The number of ether oxygens (including phenoxy) is 2. The lowest BCUT2D eigenvalue weighted by atomic mass is 10.1. The Hall–Kier alpha value is -3.23. The minimum atomic E-state index is -0.860. The predicted octanol–water partition coefficient (Wildman–Crippen LogP) is 2.49. The number of esters is 2. The molecule has 0 atom stereocenters. The number of methoxy groups -OCH3 is 1. The third kappa shape index (κ3) is 4.24. The van der Waals surface area contributed by atoms with Gasteiger partial charge in [-0.3, -0.25) is 4.79 Å². The van der Waals surface area contributed by atoms with Crippen LogP contribution in [0.15, 0.2) is 18.2 Å². The number of carbonyl (C=O) groups excluding carboxylic acids is 3. The molecule has 9 heteroatoms. The molecule has 0 aliphatic rings. The number of halogens is 2. The van der Waals surface area contributed by atoms with E-state index in [4.69, 9.17) is 4.74 Å². The Morgan fingerprint density at radius 1 is 1.08 bits per heavy atom. The fourth-order valence-corrected chi connectivity index (χ4v) is 2.39. The van der Waals surface area contributed by atoms with Crippen LogP contribution in [0.2, 0.25) is 0 Å². The van der Waals surface area contributed by atoms with Crippen molar-refractivity contribution in [2.24, 2.45) is 0 Å². The standard InChI is InChI=1S/C17H16F2N2O5/c1-8-14(16(23)25-3)9(2)20-15(8)17(24)26-7-13(22)21-12-5-10(18)4-11(19)6-12/h4-6,20H,7H2,1-3H3,(H,21,22). The van der Waals surface area contributed by atoms with E-state index in [1.807, 2.05) is 0 Å². The van der Waals surface area contributed by atoms with Gasteiger partial charge < -0.3 is 19.8 Å². The summed E-state index contributed by atoms with van der Waals surface area (Å²) < 4.78 is 35.7. The lowest BCUT2D eigenvalue weighted by Gasteiger charge is -2.07. The highest BCUT2D eigenvalue weighted by molar-refractivity contribution is 5.99. The minimum Gasteiger partial charge on any atom is -0.465 e. The minimum absolute atomic E-state index is 0.00694. The number of H-pyrrole nitrogens is 1. The van der Waals surface area contributed by atoms with Crippen LogP contribution < -0.4 is 5.32 Å². The molecule has 2 rings (SSSR count). The second kappa shape index (κ2) is 7.77. The first kappa shape index (κ1) is 19.1. The Morgan fingerprint density at radius 2 is 1.69 bits per heavy atom. The van der Waals surface area contributed by atoms with Gasteiger partial charge in [0.15, 0.2) is 6.61 Å².